The standard InChI is InChI=1S/2C14H15F3N6O3S.C14H16F3NO4S.C13H14F3NO4S.C7H13NO2.ClH/c2*15-14(16,17)10-4-1-5-11(7-10)27(25,26)23-6-2-3-9(8-23)12(24)18-13-19-21-22-20-13;1-22-13(19)10-4-3-7-18(9-10)23(20,21)12-6-2-5-11(8-12)14(15,16)17;14-13(15,16)10-4-1-5-11(7-10)22(20,21)17-6-2-3-9(8-17)12(18)19;1-10-7(9)6-3-2-4-8-5-6;/h2*1,4-5,7,9H,2-3,6,8H2,(H2,18,19,20,21,22,24);2,5-6,8,10H,3-4,7,9H2,1H3;1,4-5,7,9H,2-3,6,8H2,(H,18,19);6,8H,2-5H2,1H3;1H/t2*9-;10-;9-;6-;/m11111./s1. The highest BCUT2D eigenvalue weighted by Gasteiger charge is 2.42. The third-order valence-electron chi connectivity index (χ3n) is 17.4. The van der Waals surface area contributed by atoms with Gasteiger partial charge in [-0.25, -0.2) is 33.7 Å². The molecule has 2 aromatic heterocycles. The maximum absolute atomic E-state index is 12.9. The number of benzene rings is 4. The van der Waals surface area contributed by atoms with Crippen molar-refractivity contribution in [2.75, 3.05) is 90.3 Å². The molecule has 5 aliphatic rings. The Hall–Kier alpha value is -8.58. The topological polar surface area (TPSA) is 419 Å². The van der Waals surface area contributed by atoms with Gasteiger partial charge in [-0.05, 0) is 154 Å². The molecule has 4 aromatic carbocycles. The van der Waals surface area contributed by atoms with Crippen LogP contribution in [0, 0.1) is 29.6 Å². The molecule has 7 heterocycles. The average Bonchev–Trinajstić information content (AvgIpc) is 0.921. The molecule has 31 nitrogen and oxygen atoms in total. The molecule has 110 heavy (non-hydrogen) atoms. The third kappa shape index (κ3) is 24.7. The minimum absolute atomic E-state index is 0. The molecule has 0 unspecified atom stereocenters. The van der Waals surface area contributed by atoms with Crippen LogP contribution in [0.5, 0.6) is 0 Å². The number of alkyl halides is 12. The van der Waals surface area contributed by atoms with Gasteiger partial charge in [0.1, 0.15) is 0 Å². The number of aromatic nitrogens is 8. The smallest absolute Gasteiger partial charge is 0.416 e. The molecular formula is C62H74ClF12N15O16S4. The predicted octanol–water partition coefficient (Wildman–Crippen LogP) is 7.57. The fourth-order valence-electron chi connectivity index (χ4n) is 11.6. The van der Waals surface area contributed by atoms with Gasteiger partial charge in [0, 0.05) is 58.9 Å². The second-order valence-electron chi connectivity index (χ2n) is 24.8. The van der Waals surface area contributed by atoms with Gasteiger partial charge in [0.2, 0.25) is 51.9 Å². The number of aliphatic carboxylic acids is 1. The Bertz CT molecular complexity index is 4420. The second kappa shape index (κ2) is 38.6. The van der Waals surface area contributed by atoms with Gasteiger partial charge < -0.3 is 19.9 Å². The first-order valence-corrected chi connectivity index (χ1v) is 38.6. The number of anilines is 2. The highest BCUT2D eigenvalue weighted by molar-refractivity contribution is 7.90. The van der Waals surface area contributed by atoms with Crippen LogP contribution < -0.4 is 16.0 Å². The van der Waals surface area contributed by atoms with Crippen LogP contribution >= 0.6 is 12.4 Å². The molecule has 5 saturated heterocycles. The van der Waals surface area contributed by atoms with Crippen LogP contribution in [0.2, 0.25) is 0 Å². The first-order valence-electron chi connectivity index (χ1n) is 32.9. The van der Waals surface area contributed by atoms with E-state index in [9.17, 15) is 110 Å². The zero-order valence-corrected chi connectivity index (χ0v) is 62.0. The number of ether oxygens (including phenoxy) is 2. The van der Waals surface area contributed by atoms with E-state index in [1.807, 2.05) is 0 Å². The molecule has 6 aromatic rings. The number of methoxy groups -OCH3 is 2. The summed E-state index contributed by atoms with van der Waals surface area (Å²) in [6, 6.07) is 14.1. The molecular weight excluding hydrogens is 1600 g/mol. The fourth-order valence-corrected chi connectivity index (χ4v) is 17.9. The molecule has 0 saturated carbocycles. The number of H-pyrrole nitrogens is 2. The predicted molar refractivity (Wildman–Crippen MR) is 362 cm³/mol. The van der Waals surface area contributed by atoms with Crippen LogP contribution in [0.15, 0.2) is 117 Å². The Balaban J connectivity index is 0.000000219. The molecule has 0 bridgehead atoms. The number of hydrogen-bond acceptors (Lipinski definition) is 22. The number of amides is 2. The van der Waals surface area contributed by atoms with E-state index in [2.05, 4.69) is 66.7 Å². The van der Waals surface area contributed by atoms with E-state index in [0.29, 0.717) is 75.6 Å². The zero-order chi connectivity index (χ0) is 80.5. The Kier molecular flexibility index (Phi) is 31.7. The molecule has 11 rings (SSSR count). The SMILES string of the molecule is COC(=O)[C@@H]1CCCN(S(=O)(=O)c2cccc(C(F)(F)F)c2)C1.COC(=O)[C@@H]1CCCNC1.Cl.O=C(Nc1nn[nH]n1)[C@@H]1CCCN(S(=O)(=O)c2cccc(C(F)(F)F)c2)C1.O=C(Nc1nn[nH]n1)[C@@H]1CCCN(S(=O)(=O)c2cccc(C(F)(F)F)c2)C1.O=C(O)[C@@H]1CCCN(S(=O)(=O)c2cccc(C(F)(F)F)c2)C1. The van der Waals surface area contributed by atoms with Crippen molar-refractivity contribution in [2.24, 2.45) is 29.6 Å². The maximum Gasteiger partial charge on any atom is 0.416 e. The number of carboxylic acids is 1. The molecule has 608 valence electrons. The Labute approximate surface area is 627 Å². The van der Waals surface area contributed by atoms with Crippen LogP contribution in [0.3, 0.4) is 0 Å². The number of piperidine rings is 5. The summed E-state index contributed by atoms with van der Waals surface area (Å²) in [7, 11) is -13.9. The number of tetrazole rings is 2. The largest absolute Gasteiger partial charge is 0.481 e. The molecule has 6 N–H and O–H groups in total. The van der Waals surface area contributed by atoms with E-state index in [4.69, 9.17) is 5.11 Å². The quantitative estimate of drug-likeness (QED) is 0.0426. The molecule has 5 fully saturated rings. The monoisotopic (exact) mass is 1680 g/mol. The van der Waals surface area contributed by atoms with E-state index in [1.165, 1.54) is 14.2 Å². The number of carboxylic acid groups (broad SMARTS) is 1. The van der Waals surface area contributed by atoms with Crippen LogP contribution in [0.4, 0.5) is 64.6 Å². The van der Waals surface area contributed by atoms with Gasteiger partial charge >= 0.3 is 42.6 Å². The summed E-state index contributed by atoms with van der Waals surface area (Å²) >= 11 is 0. The number of sulfonamides is 4. The fraction of sp³-hybridized carbons (Fsp3) is 0.500. The van der Waals surface area contributed by atoms with Crippen LogP contribution in [-0.4, -0.2) is 207 Å². The van der Waals surface area contributed by atoms with Crippen molar-refractivity contribution in [1.29, 1.82) is 0 Å². The summed E-state index contributed by atoms with van der Waals surface area (Å²) in [6.45, 7) is 1.69. The lowest BCUT2D eigenvalue weighted by Crippen LogP contribution is -2.43. The summed E-state index contributed by atoms with van der Waals surface area (Å²) in [5, 5.41) is 42.2. The van der Waals surface area contributed by atoms with Gasteiger partial charge in [-0.15, -0.1) is 22.6 Å². The van der Waals surface area contributed by atoms with E-state index in [1.54, 1.807) is 0 Å². The molecule has 0 radical (unpaired) electrons. The number of carbonyl (C=O) groups is 5. The molecule has 5 atom stereocenters. The van der Waals surface area contributed by atoms with Gasteiger partial charge in [-0.1, -0.05) is 34.5 Å². The number of hydrogen-bond donors (Lipinski definition) is 6. The van der Waals surface area contributed by atoms with Crippen molar-refractivity contribution < 1.29 is 125 Å². The van der Waals surface area contributed by atoms with E-state index < -0.39 is 154 Å². The van der Waals surface area contributed by atoms with E-state index in [-0.39, 0.29) is 88.5 Å². The van der Waals surface area contributed by atoms with Crippen molar-refractivity contribution in [3.8, 4) is 0 Å². The third-order valence-corrected chi connectivity index (χ3v) is 24.8. The lowest BCUT2D eigenvalue weighted by atomic mass is 9.99. The van der Waals surface area contributed by atoms with Crippen molar-refractivity contribution in [3.05, 3.63) is 119 Å². The number of nitrogens with one attached hydrogen (secondary N) is 5. The first kappa shape index (κ1) is 90.3. The Morgan fingerprint density at radius 3 is 0.991 bits per heavy atom. The number of nitrogens with zero attached hydrogens (tertiary/aromatic N) is 10. The van der Waals surface area contributed by atoms with Gasteiger partial charge in [-0.3, -0.25) is 34.6 Å². The van der Waals surface area contributed by atoms with Crippen LogP contribution in [0.25, 0.3) is 0 Å². The second-order valence-corrected chi connectivity index (χ2v) is 32.5. The highest BCUT2D eigenvalue weighted by atomic mass is 35.5. The molecule has 0 aliphatic carbocycles. The normalized spacial score (nSPS) is 20.1. The van der Waals surface area contributed by atoms with Crippen molar-refractivity contribution in [3.63, 3.8) is 0 Å². The lowest BCUT2D eigenvalue weighted by molar-refractivity contribution is -0.147. The highest BCUT2D eigenvalue weighted by Crippen LogP contribution is 2.37. The van der Waals surface area contributed by atoms with Gasteiger partial charge in [0.25, 0.3) is 11.9 Å². The van der Waals surface area contributed by atoms with Crippen molar-refractivity contribution in [1.82, 2.24) is 63.8 Å². The Morgan fingerprint density at radius 2 is 0.718 bits per heavy atom. The summed E-state index contributed by atoms with van der Waals surface area (Å²) in [6.07, 6.45) is -13.2. The number of rotatable bonds is 15. The average molecular weight is 1680 g/mol. The number of halogens is 13. The molecule has 0 spiro atoms. The van der Waals surface area contributed by atoms with Crippen molar-refractivity contribution >= 4 is 94.1 Å². The minimum Gasteiger partial charge on any atom is -0.481 e. The van der Waals surface area contributed by atoms with E-state index >= 15 is 0 Å². The zero-order valence-electron chi connectivity index (χ0n) is 57.9. The van der Waals surface area contributed by atoms with Crippen molar-refractivity contribution in [2.45, 2.75) is 108 Å². The molecule has 2 amide bonds. The van der Waals surface area contributed by atoms with Crippen LogP contribution in [0.1, 0.15) is 86.5 Å². The first-order chi connectivity index (χ1) is 51.0. The molecule has 48 heteroatoms. The molecule has 5 aliphatic heterocycles. The van der Waals surface area contributed by atoms with Gasteiger partial charge in [-0.2, -0.15) is 80.3 Å². The van der Waals surface area contributed by atoms with Gasteiger partial charge in [0.05, 0.1) is 85.6 Å². The van der Waals surface area contributed by atoms with E-state index in [0.717, 1.165) is 116 Å². The summed E-state index contributed by atoms with van der Waals surface area (Å²) in [5.74, 6) is -5.47. The summed E-state index contributed by atoms with van der Waals surface area (Å²) in [4.78, 5) is 56.1. The summed E-state index contributed by atoms with van der Waals surface area (Å²) in [5.41, 5.74) is -4.18. The number of aromatic amines is 2. The summed E-state index contributed by atoms with van der Waals surface area (Å²) < 4.78 is 268. The Morgan fingerprint density at radius 1 is 0.436 bits per heavy atom. The minimum atomic E-state index is -4.65. The van der Waals surface area contributed by atoms with Gasteiger partial charge in [0.15, 0.2) is 0 Å². The van der Waals surface area contributed by atoms with Crippen LogP contribution in [-0.2, 0) is 98.2 Å². The number of esters is 2. The maximum atomic E-state index is 12.9. The lowest BCUT2D eigenvalue weighted by Gasteiger charge is -2.31. The number of carbonyl (C=O) groups excluding carboxylic acids is 4.